The molecule has 1 aromatic carbocycles. The van der Waals surface area contributed by atoms with Crippen molar-refractivity contribution in [3.05, 3.63) is 29.3 Å². The minimum Gasteiger partial charge on any atom is -0.467 e. The molecule has 0 unspecified atom stereocenters. The number of carbonyl (C=O) groups is 1. The normalized spacial score (nSPS) is 11.4. The molecule has 0 fully saturated rings. The summed E-state index contributed by atoms with van der Waals surface area (Å²) in [5, 5.41) is 0. The molecule has 0 bridgehead atoms. The first-order valence-corrected chi connectivity index (χ1v) is 10.3. The maximum absolute atomic E-state index is 11.5. The van der Waals surface area contributed by atoms with E-state index in [9.17, 15) is 4.79 Å². The molecule has 0 amide bonds. The molecule has 4 heteroatoms. The molecule has 0 N–H and O–H groups in total. The van der Waals surface area contributed by atoms with Gasteiger partial charge >= 0.3 is 0 Å². The molecule has 0 aliphatic heterocycles. The van der Waals surface area contributed by atoms with E-state index in [0.717, 1.165) is 18.2 Å². The number of ketones is 1. The third-order valence-corrected chi connectivity index (χ3v) is 4.51. The molecular weight excluding hydrogens is 256 g/mol. The second kappa shape index (κ2) is 6.87. The largest absolute Gasteiger partial charge is 0.467 e. The van der Waals surface area contributed by atoms with Crippen LogP contribution in [0.3, 0.4) is 0 Å². The molecule has 106 valence electrons. The second-order valence-electron chi connectivity index (χ2n) is 6.04. The summed E-state index contributed by atoms with van der Waals surface area (Å²) in [6.07, 6.45) is 0. The van der Waals surface area contributed by atoms with Crippen LogP contribution in [0.15, 0.2) is 18.2 Å². The molecule has 1 rings (SSSR count). The minimum absolute atomic E-state index is 0.0112. The molecule has 0 aliphatic carbocycles. The Morgan fingerprint density at radius 1 is 1.26 bits per heavy atom. The molecule has 1 aromatic rings. The fourth-order valence-corrected chi connectivity index (χ4v) is 2.34. The summed E-state index contributed by atoms with van der Waals surface area (Å²) in [6, 6.07) is 6.70. The third kappa shape index (κ3) is 6.03. The van der Waals surface area contributed by atoms with Gasteiger partial charge in [-0.05, 0) is 37.6 Å². The Bertz CT molecular complexity index is 436. The predicted molar refractivity (Wildman–Crippen MR) is 80.8 cm³/mol. The highest BCUT2D eigenvalue weighted by Gasteiger charge is 2.12. The molecule has 0 saturated carbocycles. The van der Waals surface area contributed by atoms with E-state index in [1.165, 1.54) is 0 Å². The first-order chi connectivity index (χ1) is 8.79. The Morgan fingerprint density at radius 3 is 2.53 bits per heavy atom. The molecular formula is C15H24O3Si. The average Bonchev–Trinajstić information content (AvgIpc) is 2.26. The van der Waals surface area contributed by atoms with E-state index in [4.69, 9.17) is 9.47 Å². The van der Waals surface area contributed by atoms with Crippen LogP contribution in [0.5, 0.6) is 5.75 Å². The zero-order chi connectivity index (χ0) is 14.5. The summed E-state index contributed by atoms with van der Waals surface area (Å²) in [7, 11) is -1.06. The van der Waals surface area contributed by atoms with Crippen molar-refractivity contribution in [1.82, 2.24) is 0 Å². The molecule has 0 saturated heterocycles. The Morgan fingerprint density at radius 2 is 1.95 bits per heavy atom. The number of aryl methyl sites for hydroxylation is 1. The van der Waals surface area contributed by atoms with Gasteiger partial charge in [0.15, 0.2) is 12.6 Å². The molecule has 0 spiro atoms. The van der Waals surface area contributed by atoms with Crippen molar-refractivity contribution >= 4 is 13.9 Å². The molecule has 3 nitrogen and oxygen atoms in total. The van der Waals surface area contributed by atoms with Gasteiger partial charge in [0.1, 0.15) is 5.75 Å². The number of benzene rings is 1. The van der Waals surface area contributed by atoms with Crippen molar-refractivity contribution in [3.8, 4) is 5.75 Å². The van der Waals surface area contributed by atoms with Crippen LogP contribution in [-0.2, 0) is 4.74 Å². The fraction of sp³-hybridized carbons (Fsp3) is 0.533. The smallest absolute Gasteiger partial charge is 0.189 e. The van der Waals surface area contributed by atoms with Crippen LogP contribution in [0.2, 0.25) is 25.7 Å². The van der Waals surface area contributed by atoms with Crippen molar-refractivity contribution in [3.63, 3.8) is 0 Å². The lowest BCUT2D eigenvalue weighted by molar-refractivity contribution is 0.0216. The molecule has 0 radical (unpaired) electrons. The number of carbonyl (C=O) groups excluding carboxylic acids is 1. The van der Waals surface area contributed by atoms with Crippen molar-refractivity contribution in [1.29, 1.82) is 0 Å². The van der Waals surface area contributed by atoms with Crippen LogP contribution >= 0.6 is 0 Å². The van der Waals surface area contributed by atoms with Crippen LogP contribution in [0.1, 0.15) is 22.8 Å². The Labute approximate surface area is 116 Å². The molecule has 0 aliphatic rings. The van der Waals surface area contributed by atoms with E-state index in [1.807, 2.05) is 19.1 Å². The van der Waals surface area contributed by atoms with Crippen LogP contribution in [0, 0.1) is 6.92 Å². The number of rotatable bonds is 7. The van der Waals surface area contributed by atoms with E-state index in [2.05, 4.69) is 19.6 Å². The van der Waals surface area contributed by atoms with Gasteiger partial charge in [0.2, 0.25) is 0 Å². The van der Waals surface area contributed by atoms with E-state index in [1.54, 1.807) is 13.0 Å². The lowest BCUT2D eigenvalue weighted by Gasteiger charge is -2.16. The molecule has 0 heterocycles. The third-order valence-electron chi connectivity index (χ3n) is 2.81. The van der Waals surface area contributed by atoms with Crippen LogP contribution in [0.25, 0.3) is 0 Å². The van der Waals surface area contributed by atoms with Gasteiger partial charge in [0, 0.05) is 14.7 Å². The van der Waals surface area contributed by atoms with Gasteiger partial charge in [0.25, 0.3) is 0 Å². The van der Waals surface area contributed by atoms with Crippen LogP contribution in [0.4, 0.5) is 0 Å². The Balaban J connectivity index is 2.49. The fourth-order valence-electron chi connectivity index (χ4n) is 1.58. The van der Waals surface area contributed by atoms with Gasteiger partial charge in [-0.15, -0.1) is 0 Å². The Kier molecular flexibility index (Phi) is 5.75. The number of ether oxygens (including phenoxy) is 2. The lowest BCUT2D eigenvalue weighted by atomic mass is 10.1. The maximum Gasteiger partial charge on any atom is 0.189 e. The van der Waals surface area contributed by atoms with E-state index in [0.29, 0.717) is 11.3 Å². The van der Waals surface area contributed by atoms with Crippen molar-refractivity contribution < 1.29 is 14.3 Å². The van der Waals surface area contributed by atoms with Crippen molar-refractivity contribution in [2.45, 2.75) is 39.5 Å². The predicted octanol–water partition coefficient (Wildman–Crippen LogP) is 3.89. The van der Waals surface area contributed by atoms with Crippen molar-refractivity contribution in [2.75, 3.05) is 13.4 Å². The first kappa shape index (κ1) is 15.9. The maximum atomic E-state index is 11.5. The van der Waals surface area contributed by atoms with Gasteiger partial charge < -0.3 is 9.47 Å². The van der Waals surface area contributed by atoms with Crippen molar-refractivity contribution in [2.24, 2.45) is 0 Å². The quantitative estimate of drug-likeness (QED) is 0.329. The van der Waals surface area contributed by atoms with Gasteiger partial charge in [0.05, 0.1) is 5.56 Å². The highest BCUT2D eigenvalue weighted by molar-refractivity contribution is 6.76. The summed E-state index contributed by atoms with van der Waals surface area (Å²) in [4.78, 5) is 11.5. The molecule has 0 aromatic heterocycles. The van der Waals surface area contributed by atoms with Crippen LogP contribution in [-0.4, -0.2) is 27.3 Å². The van der Waals surface area contributed by atoms with E-state index in [-0.39, 0.29) is 12.6 Å². The highest BCUT2D eigenvalue weighted by atomic mass is 28.3. The topological polar surface area (TPSA) is 35.5 Å². The minimum atomic E-state index is -1.06. The highest BCUT2D eigenvalue weighted by Crippen LogP contribution is 2.21. The second-order valence-corrected chi connectivity index (χ2v) is 11.7. The standard InChI is InChI=1S/C15H24O3Si/c1-12-6-7-14(13(2)16)15(10-12)18-11-17-8-9-19(3,4)5/h6-7,10H,8-9,11H2,1-5H3. The molecule has 19 heavy (non-hydrogen) atoms. The monoisotopic (exact) mass is 280 g/mol. The van der Waals surface area contributed by atoms with Gasteiger partial charge in [-0.3, -0.25) is 4.79 Å². The summed E-state index contributed by atoms with van der Waals surface area (Å²) in [6.45, 7) is 11.4. The Hall–Kier alpha value is -1.13. The molecule has 0 atom stereocenters. The van der Waals surface area contributed by atoms with E-state index >= 15 is 0 Å². The number of hydrogen-bond donors (Lipinski definition) is 0. The first-order valence-electron chi connectivity index (χ1n) is 6.62. The summed E-state index contributed by atoms with van der Waals surface area (Å²) in [5.41, 5.74) is 1.68. The van der Waals surface area contributed by atoms with E-state index < -0.39 is 8.07 Å². The number of hydrogen-bond acceptors (Lipinski definition) is 3. The summed E-state index contributed by atoms with van der Waals surface area (Å²) in [5.74, 6) is 0.623. The average molecular weight is 280 g/mol. The van der Waals surface area contributed by atoms with Crippen LogP contribution < -0.4 is 4.74 Å². The lowest BCUT2D eigenvalue weighted by Crippen LogP contribution is -2.22. The zero-order valence-corrected chi connectivity index (χ0v) is 13.6. The van der Waals surface area contributed by atoms with Gasteiger partial charge in [-0.2, -0.15) is 0 Å². The SMILES string of the molecule is CC(=O)c1ccc(C)cc1OCOCC[Si](C)(C)C. The number of Topliss-reactive ketones (excluding diaryl/α,β-unsaturated/α-hetero) is 1. The summed E-state index contributed by atoms with van der Waals surface area (Å²) < 4.78 is 11.1. The zero-order valence-electron chi connectivity index (χ0n) is 12.6. The summed E-state index contributed by atoms with van der Waals surface area (Å²) >= 11 is 0. The van der Waals surface area contributed by atoms with Gasteiger partial charge in [-0.25, -0.2) is 0 Å². The van der Waals surface area contributed by atoms with Gasteiger partial charge in [-0.1, -0.05) is 25.7 Å².